The van der Waals surface area contributed by atoms with E-state index < -0.39 is 0 Å². The van der Waals surface area contributed by atoms with Gasteiger partial charge in [-0.2, -0.15) is 0 Å². The number of nitrogens with one attached hydrogen (secondary N) is 1. The Balaban J connectivity index is 1.86. The Morgan fingerprint density at radius 1 is 1.19 bits per heavy atom. The molecule has 1 saturated carbocycles. The highest BCUT2D eigenvalue weighted by Gasteiger charge is 2.22. The first kappa shape index (κ1) is 14.5. The van der Waals surface area contributed by atoms with Crippen LogP contribution >= 0.6 is 0 Å². The number of nitrogens with zero attached hydrogens (tertiary/aromatic N) is 1. The van der Waals surface area contributed by atoms with Gasteiger partial charge in [0.2, 0.25) is 0 Å². The molecule has 1 fully saturated rings. The summed E-state index contributed by atoms with van der Waals surface area (Å²) >= 11 is 0. The van der Waals surface area contributed by atoms with Crippen LogP contribution in [0.25, 0.3) is 10.8 Å². The molecule has 1 aromatic heterocycles. The second-order valence-electron chi connectivity index (χ2n) is 6.31. The van der Waals surface area contributed by atoms with Gasteiger partial charge in [-0.05, 0) is 55.2 Å². The van der Waals surface area contributed by atoms with Crippen LogP contribution in [0.15, 0.2) is 36.7 Å². The van der Waals surface area contributed by atoms with E-state index in [1.165, 1.54) is 54.9 Å². The van der Waals surface area contributed by atoms with E-state index in [2.05, 4.69) is 41.5 Å². The van der Waals surface area contributed by atoms with Crippen LogP contribution in [0.4, 0.5) is 0 Å². The van der Waals surface area contributed by atoms with Crippen molar-refractivity contribution in [3.63, 3.8) is 0 Å². The van der Waals surface area contributed by atoms with E-state index in [0.717, 1.165) is 6.54 Å². The average Bonchev–Trinajstić information content (AvgIpc) is 2.78. The average molecular weight is 282 g/mol. The summed E-state index contributed by atoms with van der Waals surface area (Å²) < 4.78 is 0. The molecular weight excluding hydrogens is 256 g/mol. The van der Waals surface area contributed by atoms with Crippen LogP contribution < -0.4 is 5.32 Å². The van der Waals surface area contributed by atoms with Crippen LogP contribution in [0.2, 0.25) is 0 Å². The highest BCUT2D eigenvalue weighted by atomic mass is 14.9. The molecule has 1 aliphatic carbocycles. The Kier molecular flexibility index (Phi) is 4.87. The van der Waals surface area contributed by atoms with E-state index in [1.54, 1.807) is 0 Å². The van der Waals surface area contributed by atoms with Crippen molar-refractivity contribution < 1.29 is 0 Å². The van der Waals surface area contributed by atoms with Crippen LogP contribution in [0.1, 0.15) is 56.9 Å². The zero-order valence-corrected chi connectivity index (χ0v) is 13.0. The highest BCUT2D eigenvalue weighted by Crippen LogP contribution is 2.35. The molecule has 2 nitrogen and oxygen atoms in total. The molecule has 21 heavy (non-hydrogen) atoms. The van der Waals surface area contributed by atoms with Gasteiger partial charge in [0.1, 0.15) is 0 Å². The molecule has 0 amide bonds. The van der Waals surface area contributed by atoms with Crippen molar-refractivity contribution >= 4 is 10.8 Å². The number of pyridine rings is 1. The Morgan fingerprint density at radius 3 is 3.00 bits per heavy atom. The molecule has 0 aliphatic heterocycles. The summed E-state index contributed by atoms with van der Waals surface area (Å²) in [5.74, 6) is 0.676. The molecule has 112 valence electrons. The number of hydrogen-bond acceptors (Lipinski definition) is 2. The van der Waals surface area contributed by atoms with Gasteiger partial charge in [-0.15, -0.1) is 0 Å². The fraction of sp³-hybridized carbons (Fsp3) is 0.526. The minimum absolute atomic E-state index is 0.676. The predicted octanol–water partition coefficient (Wildman–Crippen LogP) is 4.65. The maximum atomic E-state index is 4.34. The molecule has 2 atom stereocenters. The number of rotatable bonds is 4. The second-order valence-corrected chi connectivity index (χ2v) is 6.31. The molecular formula is C19H26N2. The minimum atomic E-state index is 0.676. The van der Waals surface area contributed by atoms with Crippen molar-refractivity contribution in [2.45, 2.75) is 57.4 Å². The van der Waals surface area contributed by atoms with Gasteiger partial charge in [-0.1, -0.05) is 38.0 Å². The van der Waals surface area contributed by atoms with E-state index in [-0.39, 0.29) is 0 Å². The molecule has 0 radical (unpaired) electrons. The third-order valence-corrected chi connectivity index (χ3v) is 4.76. The summed E-state index contributed by atoms with van der Waals surface area (Å²) in [4.78, 5) is 4.34. The number of benzene rings is 1. The van der Waals surface area contributed by atoms with Gasteiger partial charge in [0.25, 0.3) is 0 Å². The van der Waals surface area contributed by atoms with Gasteiger partial charge in [0.15, 0.2) is 0 Å². The van der Waals surface area contributed by atoms with Crippen molar-refractivity contribution in [1.29, 1.82) is 0 Å². The quantitative estimate of drug-likeness (QED) is 0.826. The van der Waals surface area contributed by atoms with E-state index >= 15 is 0 Å². The molecule has 0 saturated heterocycles. The molecule has 1 aromatic carbocycles. The molecule has 2 aromatic rings. The van der Waals surface area contributed by atoms with Gasteiger partial charge in [-0.25, -0.2) is 0 Å². The third-order valence-electron chi connectivity index (χ3n) is 4.76. The maximum absolute atomic E-state index is 4.34. The molecule has 1 N–H and O–H groups in total. The normalized spacial score (nSPS) is 23.1. The lowest BCUT2D eigenvalue weighted by atomic mass is 9.87. The number of hydrogen-bond donors (Lipinski definition) is 1. The van der Waals surface area contributed by atoms with Crippen LogP contribution in [0, 0.1) is 0 Å². The number of aromatic nitrogens is 1. The summed E-state index contributed by atoms with van der Waals surface area (Å²) in [6.45, 7) is 3.39. The Hall–Kier alpha value is -1.41. The SMILES string of the molecule is CCCNC1CCCCC(c2cccc3ccncc23)C1. The van der Waals surface area contributed by atoms with Crippen LogP contribution in [0.3, 0.4) is 0 Å². The molecule has 0 bridgehead atoms. The summed E-state index contributed by atoms with van der Waals surface area (Å²) in [6, 6.07) is 9.53. The lowest BCUT2D eigenvalue weighted by molar-refractivity contribution is 0.440. The lowest BCUT2D eigenvalue weighted by Gasteiger charge is -2.22. The lowest BCUT2D eigenvalue weighted by Crippen LogP contribution is -2.30. The summed E-state index contributed by atoms with van der Waals surface area (Å²) in [5.41, 5.74) is 1.51. The number of fused-ring (bicyclic) bond motifs is 1. The predicted molar refractivity (Wildman–Crippen MR) is 89.7 cm³/mol. The van der Waals surface area contributed by atoms with Crippen molar-refractivity contribution in [2.24, 2.45) is 0 Å². The molecule has 1 aliphatic rings. The first-order valence-electron chi connectivity index (χ1n) is 8.44. The Bertz CT molecular complexity index is 573. The monoisotopic (exact) mass is 282 g/mol. The standard InChI is InChI=1S/C19H26N2/c1-2-11-21-17-8-4-3-6-16(13-17)18-9-5-7-15-10-12-20-14-19(15)18/h5,7,9-10,12,14,16-17,21H,2-4,6,8,11,13H2,1H3. The Labute approximate surface area is 128 Å². The zero-order valence-electron chi connectivity index (χ0n) is 13.0. The topological polar surface area (TPSA) is 24.9 Å². The smallest absolute Gasteiger partial charge is 0.0349 e. The first-order valence-corrected chi connectivity index (χ1v) is 8.44. The summed E-state index contributed by atoms with van der Waals surface area (Å²) in [7, 11) is 0. The van der Waals surface area contributed by atoms with Gasteiger partial charge >= 0.3 is 0 Å². The molecule has 2 unspecified atom stereocenters. The van der Waals surface area contributed by atoms with Crippen molar-refractivity contribution in [3.05, 3.63) is 42.2 Å². The molecule has 2 heteroatoms. The Morgan fingerprint density at radius 2 is 2.10 bits per heavy atom. The second kappa shape index (κ2) is 7.04. The van der Waals surface area contributed by atoms with Crippen LogP contribution in [-0.2, 0) is 0 Å². The zero-order chi connectivity index (χ0) is 14.5. The fourth-order valence-corrected chi connectivity index (χ4v) is 3.67. The fourth-order valence-electron chi connectivity index (χ4n) is 3.67. The molecule has 1 heterocycles. The molecule has 0 spiro atoms. The maximum Gasteiger partial charge on any atom is 0.0349 e. The largest absolute Gasteiger partial charge is 0.314 e. The van der Waals surface area contributed by atoms with Crippen molar-refractivity contribution in [3.8, 4) is 0 Å². The molecule has 3 rings (SSSR count). The van der Waals surface area contributed by atoms with E-state index in [4.69, 9.17) is 0 Å². The van der Waals surface area contributed by atoms with E-state index in [0.29, 0.717) is 12.0 Å². The van der Waals surface area contributed by atoms with Gasteiger partial charge < -0.3 is 5.32 Å². The third kappa shape index (κ3) is 3.44. The first-order chi connectivity index (χ1) is 10.4. The van der Waals surface area contributed by atoms with Gasteiger partial charge in [-0.3, -0.25) is 4.98 Å². The van der Waals surface area contributed by atoms with Crippen LogP contribution in [0.5, 0.6) is 0 Å². The van der Waals surface area contributed by atoms with E-state index in [1.807, 2.05) is 12.4 Å². The van der Waals surface area contributed by atoms with Crippen LogP contribution in [-0.4, -0.2) is 17.6 Å². The van der Waals surface area contributed by atoms with Crippen molar-refractivity contribution in [2.75, 3.05) is 6.54 Å². The highest BCUT2D eigenvalue weighted by molar-refractivity contribution is 5.85. The van der Waals surface area contributed by atoms with Gasteiger partial charge in [0, 0.05) is 23.8 Å². The summed E-state index contributed by atoms with van der Waals surface area (Å²) in [6.07, 6.45) is 11.8. The van der Waals surface area contributed by atoms with Crippen molar-refractivity contribution in [1.82, 2.24) is 10.3 Å². The van der Waals surface area contributed by atoms with E-state index in [9.17, 15) is 0 Å². The summed E-state index contributed by atoms with van der Waals surface area (Å²) in [5, 5.41) is 6.42. The minimum Gasteiger partial charge on any atom is -0.314 e. The van der Waals surface area contributed by atoms with Gasteiger partial charge in [0.05, 0.1) is 0 Å².